The lowest BCUT2D eigenvalue weighted by Crippen LogP contribution is -2.53. The summed E-state index contributed by atoms with van der Waals surface area (Å²) in [5, 5.41) is 0. The second-order valence-electron chi connectivity index (χ2n) is 3.99. The Morgan fingerprint density at radius 2 is 1.92 bits per heavy atom. The highest BCUT2D eigenvalue weighted by molar-refractivity contribution is 5.09. The third-order valence-corrected chi connectivity index (χ3v) is 3.25. The highest BCUT2D eigenvalue weighted by Gasteiger charge is 2.50. The topological polar surface area (TPSA) is 38.5 Å². The number of ether oxygens (including phenoxy) is 1. The van der Waals surface area contributed by atoms with Crippen molar-refractivity contribution < 1.29 is 4.74 Å². The van der Waals surface area contributed by atoms with Gasteiger partial charge in [0.1, 0.15) is 0 Å². The van der Waals surface area contributed by atoms with E-state index in [0.29, 0.717) is 11.6 Å². The van der Waals surface area contributed by atoms with E-state index in [1.165, 1.54) is 12.8 Å². The third-order valence-electron chi connectivity index (χ3n) is 3.25. The zero-order valence-corrected chi connectivity index (χ0v) is 7.75. The number of nitrogens with zero attached hydrogens (tertiary/aromatic N) is 1. The van der Waals surface area contributed by atoms with Crippen LogP contribution in [0.3, 0.4) is 0 Å². The largest absolute Gasteiger partial charge is 0.379 e. The predicted octanol–water partition coefficient (Wildman–Crippen LogP) is 0.198. The molecule has 2 rings (SSSR count). The molecular formula is C9H18N2O. The van der Waals surface area contributed by atoms with Crippen LogP contribution in [0.25, 0.3) is 0 Å². The van der Waals surface area contributed by atoms with E-state index in [0.717, 1.165) is 26.3 Å². The van der Waals surface area contributed by atoms with Gasteiger partial charge in [-0.25, -0.2) is 0 Å². The Morgan fingerprint density at radius 3 is 2.33 bits per heavy atom. The first kappa shape index (κ1) is 8.48. The molecule has 1 aliphatic heterocycles. The summed E-state index contributed by atoms with van der Waals surface area (Å²) in [6.07, 6.45) is 2.56. The fourth-order valence-corrected chi connectivity index (χ4v) is 2.20. The molecule has 1 saturated carbocycles. The molecule has 12 heavy (non-hydrogen) atoms. The molecule has 0 spiro atoms. The maximum atomic E-state index is 5.98. The molecule has 1 atom stereocenters. The van der Waals surface area contributed by atoms with Gasteiger partial charge in [-0.15, -0.1) is 0 Å². The smallest absolute Gasteiger partial charge is 0.0594 e. The summed E-state index contributed by atoms with van der Waals surface area (Å²) >= 11 is 0. The summed E-state index contributed by atoms with van der Waals surface area (Å²) < 4.78 is 5.32. The average Bonchev–Trinajstić information content (AvgIpc) is 2.86. The van der Waals surface area contributed by atoms with Crippen LogP contribution in [-0.4, -0.2) is 42.8 Å². The third kappa shape index (κ3) is 1.26. The highest BCUT2D eigenvalue weighted by Crippen LogP contribution is 2.44. The van der Waals surface area contributed by atoms with Crippen molar-refractivity contribution in [3.05, 3.63) is 0 Å². The maximum absolute atomic E-state index is 5.98. The predicted molar refractivity (Wildman–Crippen MR) is 48.0 cm³/mol. The minimum atomic E-state index is 0.315. The van der Waals surface area contributed by atoms with Gasteiger partial charge in [-0.1, -0.05) is 0 Å². The molecular weight excluding hydrogens is 152 g/mol. The van der Waals surface area contributed by atoms with Gasteiger partial charge in [0.2, 0.25) is 0 Å². The van der Waals surface area contributed by atoms with Crippen molar-refractivity contribution in [2.75, 3.05) is 26.3 Å². The van der Waals surface area contributed by atoms with Crippen molar-refractivity contribution in [1.82, 2.24) is 4.90 Å². The van der Waals surface area contributed by atoms with Crippen LogP contribution in [0.1, 0.15) is 19.8 Å². The second kappa shape index (κ2) is 2.98. The lowest BCUT2D eigenvalue weighted by molar-refractivity contribution is 0.00448. The van der Waals surface area contributed by atoms with Gasteiger partial charge in [-0.3, -0.25) is 4.90 Å². The molecule has 3 nitrogen and oxygen atoms in total. The van der Waals surface area contributed by atoms with E-state index in [9.17, 15) is 0 Å². The summed E-state index contributed by atoms with van der Waals surface area (Å²) in [6, 6.07) is 0.315. The summed E-state index contributed by atoms with van der Waals surface area (Å²) in [5.41, 5.74) is 6.33. The first-order valence-corrected chi connectivity index (χ1v) is 4.84. The number of nitrogens with two attached hydrogens (primary N) is 1. The minimum absolute atomic E-state index is 0.315. The van der Waals surface area contributed by atoms with E-state index >= 15 is 0 Å². The molecule has 1 aliphatic carbocycles. The molecule has 0 aromatic heterocycles. The van der Waals surface area contributed by atoms with E-state index in [4.69, 9.17) is 10.5 Å². The monoisotopic (exact) mass is 170 g/mol. The van der Waals surface area contributed by atoms with Gasteiger partial charge in [-0.2, -0.15) is 0 Å². The summed E-state index contributed by atoms with van der Waals surface area (Å²) in [7, 11) is 0. The summed E-state index contributed by atoms with van der Waals surface area (Å²) in [6.45, 7) is 6.04. The van der Waals surface area contributed by atoms with Gasteiger partial charge in [0.05, 0.1) is 13.2 Å². The van der Waals surface area contributed by atoms with Gasteiger partial charge in [0, 0.05) is 24.7 Å². The van der Waals surface area contributed by atoms with Crippen molar-refractivity contribution in [3.63, 3.8) is 0 Å². The van der Waals surface area contributed by atoms with Gasteiger partial charge in [0.15, 0.2) is 0 Å². The standard InChI is InChI=1S/C9H18N2O/c1-8(10)9(2-3-9)11-4-6-12-7-5-11/h8H,2-7,10H2,1H3. The Bertz CT molecular complexity index is 160. The molecule has 1 unspecified atom stereocenters. The van der Waals surface area contributed by atoms with Crippen LogP contribution >= 0.6 is 0 Å². The summed E-state index contributed by atoms with van der Waals surface area (Å²) in [5.74, 6) is 0. The zero-order valence-electron chi connectivity index (χ0n) is 7.75. The minimum Gasteiger partial charge on any atom is -0.379 e. The molecule has 0 aromatic carbocycles. The van der Waals surface area contributed by atoms with Crippen molar-refractivity contribution in [2.24, 2.45) is 5.73 Å². The molecule has 0 bridgehead atoms. The van der Waals surface area contributed by atoms with Gasteiger partial charge < -0.3 is 10.5 Å². The first-order valence-electron chi connectivity index (χ1n) is 4.84. The van der Waals surface area contributed by atoms with E-state index in [1.807, 2.05) is 0 Å². The normalized spacial score (nSPS) is 31.5. The van der Waals surface area contributed by atoms with Gasteiger partial charge in [-0.05, 0) is 19.8 Å². The second-order valence-corrected chi connectivity index (χ2v) is 3.99. The van der Waals surface area contributed by atoms with E-state index in [-0.39, 0.29) is 0 Å². The molecule has 2 fully saturated rings. The average molecular weight is 170 g/mol. The van der Waals surface area contributed by atoms with E-state index in [2.05, 4.69) is 11.8 Å². The van der Waals surface area contributed by atoms with Crippen LogP contribution in [0, 0.1) is 0 Å². The fourth-order valence-electron chi connectivity index (χ4n) is 2.20. The Kier molecular flexibility index (Phi) is 2.10. The lowest BCUT2D eigenvalue weighted by Gasteiger charge is -2.37. The molecule has 2 N–H and O–H groups in total. The number of hydrogen-bond donors (Lipinski definition) is 1. The summed E-state index contributed by atoms with van der Waals surface area (Å²) in [4.78, 5) is 2.52. The lowest BCUT2D eigenvalue weighted by atomic mass is 10.1. The number of hydrogen-bond acceptors (Lipinski definition) is 3. The van der Waals surface area contributed by atoms with Gasteiger partial charge in [0.25, 0.3) is 0 Å². The van der Waals surface area contributed by atoms with Crippen molar-refractivity contribution in [2.45, 2.75) is 31.3 Å². The number of morpholine rings is 1. The van der Waals surface area contributed by atoms with Crippen molar-refractivity contribution in [1.29, 1.82) is 0 Å². The Morgan fingerprint density at radius 1 is 1.33 bits per heavy atom. The molecule has 1 heterocycles. The molecule has 1 saturated heterocycles. The van der Waals surface area contributed by atoms with Crippen LogP contribution in [0.5, 0.6) is 0 Å². The maximum Gasteiger partial charge on any atom is 0.0594 e. The van der Waals surface area contributed by atoms with E-state index in [1.54, 1.807) is 0 Å². The Hall–Kier alpha value is -0.120. The fraction of sp³-hybridized carbons (Fsp3) is 1.00. The van der Waals surface area contributed by atoms with Crippen molar-refractivity contribution >= 4 is 0 Å². The molecule has 0 radical (unpaired) electrons. The van der Waals surface area contributed by atoms with Crippen LogP contribution in [0.4, 0.5) is 0 Å². The molecule has 2 aliphatic rings. The molecule has 0 aromatic rings. The Labute approximate surface area is 73.9 Å². The van der Waals surface area contributed by atoms with Gasteiger partial charge >= 0.3 is 0 Å². The van der Waals surface area contributed by atoms with Crippen LogP contribution in [-0.2, 0) is 4.74 Å². The van der Waals surface area contributed by atoms with Crippen LogP contribution < -0.4 is 5.73 Å². The molecule has 70 valence electrons. The molecule has 3 heteroatoms. The Balaban J connectivity index is 1.97. The first-order chi connectivity index (χ1) is 5.76. The molecule has 0 amide bonds. The SMILES string of the molecule is CC(N)C1(N2CCOCC2)CC1. The number of rotatable bonds is 2. The van der Waals surface area contributed by atoms with Crippen LogP contribution in [0.2, 0.25) is 0 Å². The quantitative estimate of drug-likeness (QED) is 0.643. The van der Waals surface area contributed by atoms with E-state index < -0.39 is 0 Å². The highest BCUT2D eigenvalue weighted by atomic mass is 16.5. The van der Waals surface area contributed by atoms with Crippen LogP contribution in [0.15, 0.2) is 0 Å². The van der Waals surface area contributed by atoms with Crippen molar-refractivity contribution in [3.8, 4) is 0 Å². The zero-order chi connectivity index (χ0) is 8.60.